The third-order valence-electron chi connectivity index (χ3n) is 3.55. The number of thioether (sulfide) groups is 1. The smallest absolute Gasteiger partial charge is 0.235 e. The molecule has 0 aliphatic rings. The van der Waals surface area contributed by atoms with E-state index in [1.54, 1.807) is 23.1 Å². The number of aromatic nitrogens is 4. The van der Waals surface area contributed by atoms with E-state index in [0.29, 0.717) is 0 Å². The van der Waals surface area contributed by atoms with E-state index < -0.39 is 0 Å². The SMILES string of the molecule is NCCCCCc1nnc2sc(SC/C=C/c3ccccc3)nn12. The maximum atomic E-state index is 5.52. The number of hydrogen-bond donors (Lipinski definition) is 1. The highest BCUT2D eigenvalue weighted by atomic mass is 32.2. The van der Waals surface area contributed by atoms with Crippen LogP contribution in [0, 0.1) is 0 Å². The number of rotatable bonds is 9. The van der Waals surface area contributed by atoms with Gasteiger partial charge in [-0.05, 0) is 24.9 Å². The van der Waals surface area contributed by atoms with Gasteiger partial charge in [0.2, 0.25) is 4.96 Å². The molecule has 3 rings (SSSR count). The van der Waals surface area contributed by atoms with Crippen molar-refractivity contribution >= 4 is 34.1 Å². The Morgan fingerprint density at radius 2 is 2.00 bits per heavy atom. The lowest BCUT2D eigenvalue weighted by atomic mass is 10.2. The van der Waals surface area contributed by atoms with E-state index in [1.165, 1.54) is 5.56 Å². The highest BCUT2D eigenvalue weighted by molar-refractivity contribution is 8.01. The summed E-state index contributed by atoms with van der Waals surface area (Å²) in [4.78, 5) is 0.873. The summed E-state index contributed by atoms with van der Waals surface area (Å²) in [5.41, 5.74) is 6.74. The van der Waals surface area contributed by atoms with Crippen LogP contribution in [0.1, 0.15) is 30.7 Å². The summed E-state index contributed by atoms with van der Waals surface area (Å²) in [7, 11) is 0. The first-order chi connectivity index (χ1) is 11.9. The molecule has 0 radical (unpaired) electrons. The Morgan fingerprint density at radius 1 is 1.12 bits per heavy atom. The van der Waals surface area contributed by atoms with E-state index in [9.17, 15) is 0 Å². The van der Waals surface area contributed by atoms with E-state index >= 15 is 0 Å². The van der Waals surface area contributed by atoms with Gasteiger partial charge in [0.15, 0.2) is 10.2 Å². The van der Waals surface area contributed by atoms with Gasteiger partial charge in [-0.1, -0.05) is 72.0 Å². The molecule has 0 aliphatic heterocycles. The minimum atomic E-state index is 0.753. The van der Waals surface area contributed by atoms with Crippen LogP contribution in [0.3, 0.4) is 0 Å². The summed E-state index contributed by atoms with van der Waals surface area (Å²) >= 11 is 3.32. The second kappa shape index (κ2) is 8.96. The summed E-state index contributed by atoms with van der Waals surface area (Å²) in [6.07, 6.45) is 8.47. The van der Waals surface area contributed by atoms with Crippen LogP contribution in [0.5, 0.6) is 0 Å². The van der Waals surface area contributed by atoms with Crippen molar-refractivity contribution in [3.05, 3.63) is 47.8 Å². The number of unbranched alkanes of at least 4 members (excludes halogenated alkanes) is 2. The molecule has 2 aromatic heterocycles. The van der Waals surface area contributed by atoms with Gasteiger partial charge in [-0.25, -0.2) is 0 Å². The zero-order valence-corrected chi connectivity index (χ0v) is 15.1. The predicted molar refractivity (Wildman–Crippen MR) is 101 cm³/mol. The summed E-state index contributed by atoms with van der Waals surface area (Å²) < 4.78 is 2.91. The first-order valence-corrected chi connectivity index (χ1v) is 9.92. The lowest BCUT2D eigenvalue weighted by Gasteiger charge is -1.97. The average Bonchev–Trinajstić information content (AvgIpc) is 3.17. The van der Waals surface area contributed by atoms with Gasteiger partial charge in [-0.2, -0.15) is 4.52 Å². The molecule has 0 unspecified atom stereocenters. The molecule has 0 saturated heterocycles. The summed E-state index contributed by atoms with van der Waals surface area (Å²) in [5, 5.41) is 13.1. The van der Waals surface area contributed by atoms with Crippen LogP contribution >= 0.6 is 23.1 Å². The minimum Gasteiger partial charge on any atom is -0.330 e. The molecule has 0 bridgehead atoms. The van der Waals surface area contributed by atoms with Crippen molar-refractivity contribution < 1.29 is 0 Å². The molecule has 2 heterocycles. The molecular weight excluding hydrogens is 338 g/mol. The van der Waals surface area contributed by atoms with Gasteiger partial charge >= 0.3 is 0 Å². The first-order valence-electron chi connectivity index (χ1n) is 8.12. The van der Waals surface area contributed by atoms with Gasteiger partial charge in [-0.15, -0.1) is 15.3 Å². The van der Waals surface area contributed by atoms with Gasteiger partial charge in [0.05, 0.1) is 0 Å². The Kier molecular flexibility index (Phi) is 6.40. The van der Waals surface area contributed by atoms with Crippen molar-refractivity contribution in [3.63, 3.8) is 0 Å². The van der Waals surface area contributed by atoms with Crippen LogP contribution in [0.2, 0.25) is 0 Å². The molecule has 3 aromatic rings. The molecule has 0 atom stereocenters. The molecule has 7 heteroatoms. The maximum absolute atomic E-state index is 5.52. The molecule has 0 spiro atoms. The Morgan fingerprint density at radius 3 is 2.83 bits per heavy atom. The minimum absolute atomic E-state index is 0.753. The lowest BCUT2D eigenvalue weighted by molar-refractivity contribution is 0.654. The van der Waals surface area contributed by atoms with Gasteiger partial charge in [0, 0.05) is 12.2 Å². The van der Waals surface area contributed by atoms with Gasteiger partial charge < -0.3 is 5.73 Å². The molecule has 2 N–H and O–H groups in total. The zero-order valence-electron chi connectivity index (χ0n) is 13.5. The largest absolute Gasteiger partial charge is 0.330 e. The second-order valence-electron chi connectivity index (χ2n) is 5.40. The zero-order chi connectivity index (χ0) is 16.6. The van der Waals surface area contributed by atoms with Crippen LogP contribution in [0.15, 0.2) is 40.7 Å². The second-order valence-corrected chi connectivity index (χ2v) is 7.63. The van der Waals surface area contributed by atoms with Gasteiger partial charge in [0.25, 0.3) is 0 Å². The molecule has 5 nitrogen and oxygen atoms in total. The number of aryl methyl sites for hydroxylation is 1. The number of nitrogens with zero attached hydrogens (tertiary/aromatic N) is 4. The fourth-order valence-corrected chi connectivity index (χ4v) is 4.06. The number of benzene rings is 1. The number of fused-ring (bicyclic) bond motifs is 1. The van der Waals surface area contributed by atoms with Crippen LogP contribution in [-0.2, 0) is 6.42 Å². The highest BCUT2D eigenvalue weighted by Gasteiger charge is 2.11. The van der Waals surface area contributed by atoms with E-state index in [4.69, 9.17) is 5.73 Å². The molecule has 0 fully saturated rings. The topological polar surface area (TPSA) is 69.1 Å². The number of hydrogen-bond acceptors (Lipinski definition) is 6. The Labute approximate surface area is 150 Å². The molecule has 0 amide bonds. The van der Waals surface area contributed by atoms with Crippen LogP contribution in [-0.4, -0.2) is 32.1 Å². The third kappa shape index (κ3) is 4.66. The van der Waals surface area contributed by atoms with E-state index in [0.717, 1.165) is 53.1 Å². The van der Waals surface area contributed by atoms with Crippen molar-refractivity contribution in [1.82, 2.24) is 19.8 Å². The summed E-state index contributed by atoms with van der Waals surface area (Å²) in [5.74, 6) is 1.84. The Hall–Kier alpha value is -1.70. The van der Waals surface area contributed by atoms with Crippen molar-refractivity contribution in [2.45, 2.75) is 30.0 Å². The fourth-order valence-electron chi connectivity index (χ4n) is 2.33. The molecule has 24 heavy (non-hydrogen) atoms. The monoisotopic (exact) mass is 359 g/mol. The Bertz CT molecular complexity index is 779. The Balaban J connectivity index is 1.54. The van der Waals surface area contributed by atoms with E-state index in [2.05, 4.69) is 39.6 Å². The predicted octanol–water partition coefficient (Wildman–Crippen LogP) is 3.66. The number of nitrogens with two attached hydrogens (primary N) is 1. The van der Waals surface area contributed by atoms with Gasteiger partial charge in [-0.3, -0.25) is 0 Å². The average molecular weight is 360 g/mol. The standard InChI is InChI=1S/C17H21N5S2/c18-12-6-2-5-11-15-19-20-16-22(15)21-17(24-16)23-13-7-10-14-8-3-1-4-9-14/h1,3-4,7-10H,2,5-6,11-13,18H2/b10-7+. The summed E-state index contributed by atoms with van der Waals surface area (Å²) in [6.45, 7) is 0.753. The molecule has 1 aromatic carbocycles. The van der Waals surface area contributed by atoms with E-state index in [1.807, 2.05) is 22.7 Å². The lowest BCUT2D eigenvalue weighted by Crippen LogP contribution is -2.00. The molecule has 0 saturated carbocycles. The van der Waals surface area contributed by atoms with Gasteiger partial charge in [0.1, 0.15) is 0 Å². The van der Waals surface area contributed by atoms with Crippen molar-refractivity contribution in [1.29, 1.82) is 0 Å². The highest BCUT2D eigenvalue weighted by Crippen LogP contribution is 2.25. The van der Waals surface area contributed by atoms with Crippen molar-refractivity contribution in [2.75, 3.05) is 12.3 Å². The fraction of sp³-hybridized carbons (Fsp3) is 0.353. The van der Waals surface area contributed by atoms with Crippen molar-refractivity contribution in [2.24, 2.45) is 5.73 Å². The van der Waals surface area contributed by atoms with Crippen LogP contribution in [0.4, 0.5) is 0 Å². The summed E-state index contributed by atoms with van der Waals surface area (Å²) in [6, 6.07) is 10.3. The normalized spacial score (nSPS) is 11.7. The molecule has 0 aliphatic carbocycles. The van der Waals surface area contributed by atoms with Crippen LogP contribution < -0.4 is 5.73 Å². The maximum Gasteiger partial charge on any atom is 0.235 e. The van der Waals surface area contributed by atoms with E-state index in [-0.39, 0.29) is 0 Å². The molecular formula is C17H21N5S2. The third-order valence-corrected chi connectivity index (χ3v) is 5.54. The first kappa shape index (κ1) is 17.1. The van der Waals surface area contributed by atoms with Crippen LogP contribution in [0.25, 0.3) is 11.0 Å². The molecule has 126 valence electrons. The van der Waals surface area contributed by atoms with Crippen molar-refractivity contribution in [3.8, 4) is 0 Å². The quantitative estimate of drug-likeness (QED) is 0.466.